The van der Waals surface area contributed by atoms with E-state index in [9.17, 15) is 12.8 Å². The zero-order valence-electron chi connectivity index (χ0n) is 11.7. The van der Waals surface area contributed by atoms with Crippen LogP contribution in [0, 0.1) is 17.7 Å². The predicted octanol–water partition coefficient (Wildman–Crippen LogP) is 1.64. The van der Waals surface area contributed by atoms with Crippen LogP contribution in [0.2, 0.25) is 0 Å². The summed E-state index contributed by atoms with van der Waals surface area (Å²) in [7, 11) is -3.92. The topological polar surface area (TPSA) is 66.4 Å². The molecule has 20 heavy (non-hydrogen) atoms. The lowest BCUT2D eigenvalue weighted by molar-refractivity contribution is 0.350. The number of aliphatic hydroxyl groups excluding tert-OH is 1. The minimum Gasteiger partial charge on any atom is -0.384 e. The van der Waals surface area contributed by atoms with Crippen molar-refractivity contribution in [2.45, 2.75) is 37.6 Å². The van der Waals surface area contributed by atoms with Crippen LogP contribution in [0.3, 0.4) is 0 Å². The summed E-state index contributed by atoms with van der Waals surface area (Å²) >= 11 is 0. The predicted molar refractivity (Wildman–Crippen MR) is 75.1 cm³/mol. The fourth-order valence-electron chi connectivity index (χ4n) is 1.43. The second-order valence-corrected chi connectivity index (χ2v) is 6.60. The van der Waals surface area contributed by atoms with Crippen molar-refractivity contribution in [3.05, 3.63) is 29.6 Å². The van der Waals surface area contributed by atoms with Gasteiger partial charge in [-0.25, -0.2) is 17.5 Å². The molecule has 0 aliphatic rings. The van der Waals surface area contributed by atoms with E-state index in [1.165, 1.54) is 12.1 Å². The van der Waals surface area contributed by atoms with E-state index in [0.29, 0.717) is 12.0 Å². The van der Waals surface area contributed by atoms with Crippen LogP contribution in [0.25, 0.3) is 0 Å². The zero-order valence-corrected chi connectivity index (χ0v) is 12.5. The summed E-state index contributed by atoms with van der Waals surface area (Å²) < 4.78 is 40.6. The molecule has 0 bridgehead atoms. The fraction of sp³-hybridized carbons (Fsp3) is 0.429. The molecule has 2 N–H and O–H groups in total. The van der Waals surface area contributed by atoms with Crippen molar-refractivity contribution >= 4 is 10.0 Å². The summed E-state index contributed by atoms with van der Waals surface area (Å²) in [6.07, 6.45) is 0.577. The maximum Gasteiger partial charge on any atom is 0.243 e. The summed E-state index contributed by atoms with van der Waals surface area (Å²) in [6, 6.07) is 3.61. The Hall–Kier alpha value is -1.42. The first kappa shape index (κ1) is 16.6. The Morgan fingerprint density at radius 3 is 2.55 bits per heavy atom. The van der Waals surface area contributed by atoms with Crippen molar-refractivity contribution < 1.29 is 17.9 Å². The lowest BCUT2D eigenvalue weighted by Crippen LogP contribution is -2.42. The quantitative estimate of drug-likeness (QED) is 0.831. The van der Waals surface area contributed by atoms with Gasteiger partial charge in [0.15, 0.2) is 0 Å². The Bertz CT molecular complexity index is 642. The highest BCUT2D eigenvalue weighted by molar-refractivity contribution is 7.89. The van der Waals surface area contributed by atoms with Crippen LogP contribution in [0.1, 0.15) is 32.8 Å². The van der Waals surface area contributed by atoms with Crippen LogP contribution >= 0.6 is 0 Å². The molecule has 6 heteroatoms. The highest BCUT2D eigenvalue weighted by Crippen LogP contribution is 2.19. The molecule has 1 aromatic rings. The summed E-state index contributed by atoms with van der Waals surface area (Å²) in [5.41, 5.74) is -0.342. The van der Waals surface area contributed by atoms with E-state index >= 15 is 0 Å². The SMILES string of the molecule is CCC(C)(C)NS(=O)(=O)c1ccc(C#CCO)cc1F. The van der Waals surface area contributed by atoms with Crippen LogP contribution in [0.5, 0.6) is 0 Å². The van der Waals surface area contributed by atoms with Crippen molar-refractivity contribution in [2.75, 3.05) is 6.61 Å². The van der Waals surface area contributed by atoms with Gasteiger partial charge in [0.05, 0.1) is 0 Å². The molecule has 0 aliphatic carbocycles. The molecule has 0 amide bonds. The molecule has 0 aliphatic heterocycles. The first-order valence-electron chi connectivity index (χ1n) is 6.15. The number of aliphatic hydroxyl groups is 1. The largest absolute Gasteiger partial charge is 0.384 e. The van der Waals surface area contributed by atoms with E-state index in [0.717, 1.165) is 6.07 Å². The number of hydrogen-bond acceptors (Lipinski definition) is 3. The summed E-state index contributed by atoms with van der Waals surface area (Å²) in [4.78, 5) is -0.409. The third kappa shape index (κ3) is 4.30. The molecule has 4 nitrogen and oxygen atoms in total. The van der Waals surface area contributed by atoms with Gasteiger partial charge in [-0.1, -0.05) is 18.8 Å². The second kappa shape index (κ2) is 6.35. The molecule has 0 heterocycles. The van der Waals surface area contributed by atoms with Gasteiger partial charge in [-0.2, -0.15) is 0 Å². The number of hydrogen-bond donors (Lipinski definition) is 2. The van der Waals surface area contributed by atoms with Gasteiger partial charge in [0.2, 0.25) is 10.0 Å². The molecular weight excluding hydrogens is 281 g/mol. The highest BCUT2D eigenvalue weighted by Gasteiger charge is 2.26. The van der Waals surface area contributed by atoms with E-state index in [1.54, 1.807) is 13.8 Å². The Morgan fingerprint density at radius 2 is 2.05 bits per heavy atom. The standard InChI is InChI=1S/C14H18FNO3S/c1-4-14(2,3)16-20(18,19)13-8-7-11(6-5-9-17)10-12(13)15/h7-8,10,16-17H,4,9H2,1-3H3. The second-order valence-electron chi connectivity index (χ2n) is 4.95. The molecule has 1 rings (SSSR count). The molecule has 0 atom stereocenters. The third-order valence-corrected chi connectivity index (χ3v) is 4.56. The minimum atomic E-state index is -3.92. The van der Waals surface area contributed by atoms with Crippen molar-refractivity contribution in [3.63, 3.8) is 0 Å². The van der Waals surface area contributed by atoms with Crippen molar-refractivity contribution in [3.8, 4) is 11.8 Å². The van der Waals surface area contributed by atoms with E-state index < -0.39 is 26.3 Å². The molecule has 0 radical (unpaired) electrons. The maximum atomic E-state index is 13.9. The molecule has 0 fully saturated rings. The number of sulfonamides is 1. The van der Waals surface area contributed by atoms with Gasteiger partial charge in [0.25, 0.3) is 0 Å². The molecule has 0 unspecified atom stereocenters. The first-order valence-corrected chi connectivity index (χ1v) is 7.63. The Labute approximate surface area is 119 Å². The summed E-state index contributed by atoms with van der Waals surface area (Å²) in [6.45, 7) is 4.95. The van der Waals surface area contributed by atoms with Gasteiger partial charge in [0, 0.05) is 11.1 Å². The zero-order chi connectivity index (χ0) is 15.4. The van der Waals surface area contributed by atoms with Gasteiger partial charge in [-0.05, 0) is 38.5 Å². The summed E-state index contributed by atoms with van der Waals surface area (Å²) in [5, 5.41) is 8.56. The van der Waals surface area contributed by atoms with Crippen LogP contribution < -0.4 is 4.72 Å². The smallest absolute Gasteiger partial charge is 0.243 e. The van der Waals surface area contributed by atoms with Gasteiger partial charge in [0.1, 0.15) is 17.3 Å². The highest BCUT2D eigenvalue weighted by atomic mass is 32.2. The van der Waals surface area contributed by atoms with Gasteiger partial charge >= 0.3 is 0 Å². The normalized spacial score (nSPS) is 11.8. The van der Waals surface area contributed by atoms with Gasteiger partial charge in [-0.3, -0.25) is 0 Å². The Kier molecular flexibility index (Phi) is 5.28. The van der Waals surface area contributed by atoms with Gasteiger partial charge < -0.3 is 5.11 Å². The van der Waals surface area contributed by atoms with E-state index in [4.69, 9.17) is 5.11 Å². The average Bonchev–Trinajstić information content (AvgIpc) is 2.34. The van der Waals surface area contributed by atoms with Crippen LogP contribution in [0.4, 0.5) is 4.39 Å². The molecule has 1 aromatic carbocycles. The fourth-order valence-corrected chi connectivity index (χ4v) is 2.97. The van der Waals surface area contributed by atoms with Crippen molar-refractivity contribution in [2.24, 2.45) is 0 Å². The monoisotopic (exact) mass is 299 g/mol. The van der Waals surface area contributed by atoms with Crippen LogP contribution in [0.15, 0.2) is 23.1 Å². The summed E-state index contributed by atoms with van der Waals surface area (Å²) in [5.74, 6) is 4.02. The van der Waals surface area contributed by atoms with E-state index in [1.807, 2.05) is 6.92 Å². The van der Waals surface area contributed by atoms with E-state index in [2.05, 4.69) is 16.6 Å². The van der Waals surface area contributed by atoms with Crippen molar-refractivity contribution in [1.29, 1.82) is 0 Å². The average molecular weight is 299 g/mol. The minimum absolute atomic E-state index is 0.310. The third-order valence-electron chi connectivity index (χ3n) is 2.83. The molecular formula is C14H18FNO3S. The number of rotatable bonds is 4. The molecule has 110 valence electrons. The lowest BCUT2D eigenvalue weighted by atomic mass is 10.0. The van der Waals surface area contributed by atoms with Gasteiger partial charge in [-0.15, -0.1) is 0 Å². The molecule has 0 saturated carbocycles. The Morgan fingerprint density at radius 1 is 1.40 bits per heavy atom. The molecule has 0 aromatic heterocycles. The molecule has 0 saturated heterocycles. The number of benzene rings is 1. The number of nitrogens with one attached hydrogen (secondary N) is 1. The number of halogens is 1. The molecule has 0 spiro atoms. The lowest BCUT2D eigenvalue weighted by Gasteiger charge is -2.24. The van der Waals surface area contributed by atoms with Crippen molar-refractivity contribution in [1.82, 2.24) is 4.72 Å². The van der Waals surface area contributed by atoms with Crippen LogP contribution in [-0.2, 0) is 10.0 Å². The van der Waals surface area contributed by atoms with E-state index in [-0.39, 0.29) is 6.61 Å². The first-order chi connectivity index (χ1) is 9.22. The maximum absolute atomic E-state index is 13.9. The van der Waals surface area contributed by atoms with Crippen LogP contribution in [-0.4, -0.2) is 25.7 Å². The Balaban J connectivity index is 3.14.